The van der Waals surface area contributed by atoms with Crippen LogP contribution in [0.4, 0.5) is 0 Å². The Morgan fingerprint density at radius 3 is 2.29 bits per heavy atom. The SMILES string of the molecule is Cc1nn(S(C)(=O)=O)c(C)c1S(=O)(=O)N1CCC[C@H](C)C1. The minimum absolute atomic E-state index is 0.0158. The number of hydrogen-bond acceptors (Lipinski definition) is 5. The van der Waals surface area contributed by atoms with Gasteiger partial charge in [0.1, 0.15) is 4.90 Å². The van der Waals surface area contributed by atoms with Crippen molar-refractivity contribution in [3.8, 4) is 0 Å². The Hall–Kier alpha value is -0.930. The summed E-state index contributed by atoms with van der Waals surface area (Å²) in [5.74, 6) is 0.305. The number of hydrogen-bond donors (Lipinski definition) is 0. The van der Waals surface area contributed by atoms with Crippen LogP contribution in [0.25, 0.3) is 0 Å². The van der Waals surface area contributed by atoms with Crippen molar-refractivity contribution in [2.75, 3.05) is 19.3 Å². The van der Waals surface area contributed by atoms with Crippen LogP contribution in [0.15, 0.2) is 4.90 Å². The minimum atomic E-state index is -3.71. The van der Waals surface area contributed by atoms with Crippen LogP contribution >= 0.6 is 0 Å². The van der Waals surface area contributed by atoms with E-state index in [1.54, 1.807) is 0 Å². The standard InChI is InChI=1S/C12H21N3O4S2/c1-9-6-5-7-14(8-9)21(18,19)12-10(2)13-15(11(12)3)20(4,16)17/h9H,5-8H2,1-4H3/t9-/m0/s1. The molecular weight excluding hydrogens is 314 g/mol. The van der Waals surface area contributed by atoms with Crippen molar-refractivity contribution in [2.24, 2.45) is 5.92 Å². The van der Waals surface area contributed by atoms with Crippen molar-refractivity contribution in [3.05, 3.63) is 11.4 Å². The second kappa shape index (κ2) is 5.36. The Labute approximate surface area is 126 Å². The van der Waals surface area contributed by atoms with Crippen LogP contribution in [-0.2, 0) is 20.0 Å². The van der Waals surface area contributed by atoms with E-state index >= 15 is 0 Å². The van der Waals surface area contributed by atoms with Gasteiger partial charge in [-0.2, -0.15) is 13.5 Å². The molecular formula is C12H21N3O4S2. The molecule has 0 unspecified atom stereocenters. The molecule has 1 fully saturated rings. The molecule has 0 bridgehead atoms. The first-order chi connectivity index (χ1) is 9.55. The summed E-state index contributed by atoms with van der Waals surface area (Å²) in [7, 11) is -7.32. The van der Waals surface area contributed by atoms with Crippen molar-refractivity contribution >= 4 is 20.0 Å². The number of sulfonamides is 1. The van der Waals surface area contributed by atoms with E-state index in [-0.39, 0.29) is 16.3 Å². The summed E-state index contributed by atoms with van der Waals surface area (Å²) in [6.45, 7) is 5.94. The molecule has 0 amide bonds. The quantitative estimate of drug-likeness (QED) is 0.812. The van der Waals surface area contributed by atoms with Crippen molar-refractivity contribution in [1.29, 1.82) is 0 Å². The summed E-state index contributed by atoms with van der Waals surface area (Å²) >= 11 is 0. The zero-order chi connectivity index (χ0) is 16.0. The monoisotopic (exact) mass is 335 g/mol. The maximum atomic E-state index is 12.8. The summed E-state index contributed by atoms with van der Waals surface area (Å²) in [5.41, 5.74) is 0.365. The number of nitrogens with zero attached hydrogens (tertiary/aromatic N) is 3. The smallest absolute Gasteiger partial charge is 0.207 e. The molecule has 120 valence electrons. The molecule has 0 radical (unpaired) electrons. The van der Waals surface area contributed by atoms with Gasteiger partial charge in [-0.05, 0) is 32.6 Å². The van der Waals surface area contributed by atoms with E-state index in [4.69, 9.17) is 0 Å². The first-order valence-electron chi connectivity index (χ1n) is 6.82. The van der Waals surface area contributed by atoms with Crippen LogP contribution in [0, 0.1) is 19.8 Å². The first-order valence-corrected chi connectivity index (χ1v) is 10.1. The van der Waals surface area contributed by atoms with Crippen molar-refractivity contribution in [3.63, 3.8) is 0 Å². The number of rotatable bonds is 3. The van der Waals surface area contributed by atoms with E-state index in [9.17, 15) is 16.8 Å². The van der Waals surface area contributed by atoms with Gasteiger partial charge >= 0.3 is 0 Å². The normalized spacial score (nSPS) is 21.6. The van der Waals surface area contributed by atoms with Crippen molar-refractivity contribution < 1.29 is 16.8 Å². The van der Waals surface area contributed by atoms with Gasteiger partial charge in [0.2, 0.25) is 10.0 Å². The van der Waals surface area contributed by atoms with Crippen LogP contribution < -0.4 is 0 Å². The number of aryl methyl sites for hydroxylation is 1. The lowest BCUT2D eigenvalue weighted by atomic mass is 10.0. The number of aromatic nitrogens is 2. The lowest BCUT2D eigenvalue weighted by molar-refractivity contribution is 0.281. The van der Waals surface area contributed by atoms with E-state index in [1.165, 1.54) is 18.2 Å². The van der Waals surface area contributed by atoms with E-state index in [1.807, 2.05) is 6.92 Å². The van der Waals surface area contributed by atoms with Gasteiger partial charge in [0.05, 0.1) is 17.6 Å². The Balaban J connectivity index is 2.53. The second-order valence-corrected chi connectivity index (χ2v) is 9.40. The highest BCUT2D eigenvalue weighted by Crippen LogP contribution is 2.28. The van der Waals surface area contributed by atoms with Gasteiger partial charge in [-0.25, -0.2) is 16.8 Å². The molecule has 1 saturated heterocycles. The molecule has 2 rings (SSSR count). The van der Waals surface area contributed by atoms with Gasteiger partial charge in [0, 0.05) is 13.1 Å². The lowest BCUT2D eigenvalue weighted by Gasteiger charge is -2.30. The highest BCUT2D eigenvalue weighted by molar-refractivity contribution is 7.90. The maximum Gasteiger partial charge on any atom is 0.251 e. The fraction of sp³-hybridized carbons (Fsp3) is 0.750. The third kappa shape index (κ3) is 3.00. The van der Waals surface area contributed by atoms with Gasteiger partial charge in [-0.3, -0.25) is 0 Å². The van der Waals surface area contributed by atoms with Gasteiger partial charge in [-0.15, -0.1) is 0 Å². The molecule has 0 aromatic carbocycles. The third-order valence-corrected chi connectivity index (χ3v) is 6.82. The Morgan fingerprint density at radius 1 is 1.19 bits per heavy atom. The predicted molar refractivity (Wildman–Crippen MR) is 79.1 cm³/mol. The Kier molecular flexibility index (Phi) is 4.20. The Bertz CT molecular complexity index is 750. The second-order valence-electron chi connectivity index (χ2n) is 5.72. The molecule has 2 heterocycles. The molecule has 9 heteroatoms. The molecule has 0 saturated carbocycles. The Morgan fingerprint density at radius 2 is 1.81 bits per heavy atom. The molecule has 0 N–H and O–H groups in total. The third-order valence-electron chi connectivity index (χ3n) is 3.72. The molecule has 7 nitrogen and oxygen atoms in total. The van der Waals surface area contributed by atoms with Crippen LogP contribution in [-0.4, -0.2) is 49.7 Å². The van der Waals surface area contributed by atoms with Crippen LogP contribution in [0.1, 0.15) is 31.2 Å². The highest BCUT2D eigenvalue weighted by Gasteiger charge is 2.34. The molecule has 1 aromatic heterocycles. The van der Waals surface area contributed by atoms with Gasteiger partial charge in [-0.1, -0.05) is 6.92 Å². The fourth-order valence-electron chi connectivity index (χ4n) is 2.80. The zero-order valence-corrected chi connectivity index (χ0v) is 14.3. The zero-order valence-electron chi connectivity index (χ0n) is 12.7. The molecule has 0 aliphatic carbocycles. The summed E-state index contributed by atoms with van der Waals surface area (Å²) in [4.78, 5) is 0.0158. The number of piperidine rings is 1. The summed E-state index contributed by atoms with van der Waals surface area (Å²) < 4.78 is 51.1. The molecule has 1 aromatic rings. The van der Waals surface area contributed by atoms with Crippen molar-refractivity contribution in [1.82, 2.24) is 13.5 Å². The van der Waals surface area contributed by atoms with Gasteiger partial charge in [0.15, 0.2) is 0 Å². The average Bonchev–Trinajstić information content (AvgIpc) is 2.65. The first kappa shape index (κ1) is 16.4. The van der Waals surface area contributed by atoms with Crippen LogP contribution in [0.2, 0.25) is 0 Å². The topological polar surface area (TPSA) is 89.3 Å². The summed E-state index contributed by atoms with van der Waals surface area (Å²) in [6.07, 6.45) is 2.83. The summed E-state index contributed by atoms with van der Waals surface area (Å²) in [5, 5.41) is 3.88. The minimum Gasteiger partial charge on any atom is -0.207 e. The van der Waals surface area contributed by atoms with E-state index in [0.29, 0.717) is 19.0 Å². The summed E-state index contributed by atoms with van der Waals surface area (Å²) in [6, 6.07) is 0. The van der Waals surface area contributed by atoms with Crippen LogP contribution in [0.5, 0.6) is 0 Å². The average molecular weight is 335 g/mol. The highest BCUT2D eigenvalue weighted by atomic mass is 32.2. The molecule has 1 aliphatic heterocycles. The maximum absolute atomic E-state index is 12.8. The van der Waals surface area contributed by atoms with E-state index in [0.717, 1.165) is 23.2 Å². The molecule has 0 spiro atoms. The van der Waals surface area contributed by atoms with E-state index < -0.39 is 20.0 Å². The van der Waals surface area contributed by atoms with Crippen LogP contribution in [0.3, 0.4) is 0 Å². The largest absolute Gasteiger partial charge is 0.251 e. The fourth-order valence-corrected chi connectivity index (χ4v) is 5.66. The molecule has 1 atom stereocenters. The predicted octanol–water partition coefficient (Wildman–Crippen LogP) is 0.728. The van der Waals surface area contributed by atoms with Gasteiger partial charge < -0.3 is 0 Å². The molecule has 21 heavy (non-hydrogen) atoms. The lowest BCUT2D eigenvalue weighted by Crippen LogP contribution is -2.39. The van der Waals surface area contributed by atoms with E-state index in [2.05, 4.69) is 5.10 Å². The van der Waals surface area contributed by atoms with Gasteiger partial charge in [0.25, 0.3) is 10.0 Å². The molecule has 1 aliphatic rings. The van der Waals surface area contributed by atoms with Crippen molar-refractivity contribution in [2.45, 2.75) is 38.5 Å².